The maximum Gasteiger partial charge on any atom is 0.229 e. The van der Waals surface area contributed by atoms with E-state index in [2.05, 4.69) is 4.72 Å². The second kappa shape index (κ2) is 6.38. The highest BCUT2D eigenvalue weighted by Gasteiger charge is 2.23. The maximum atomic E-state index is 13.2. The Labute approximate surface area is 148 Å². The zero-order chi connectivity index (χ0) is 17.5. The van der Waals surface area contributed by atoms with Gasteiger partial charge in [0, 0.05) is 21.8 Å². The van der Waals surface area contributed by atoms with Gasteiger partial charge >= 0.3 is 0 Å². The van der Waals surface area contributed by atoms with Gasteiger partial charge in [-0.05, 0) is 42.3 Å². The van der Waals surface area contributed by atoms with E-state index >= 15 is 0 Å². The van der Waals surface area contributed by atoms with Crippen molar-refractivity contribution >= 4 is 44.9 Å². The van der Waals surface area contributed by atoms with Gasteiger partial charge in [-0.2, -0.15) is 0 Å². The molecule has 2 aromatic carbocycles. The fraction of sp³-hybridized carbons (Fsp3) is 0.188. The Morgan fingerprint density at radius 1 is 1.17 bits per heavy atom. The lowest BCUT2D eigenvalue weighted by atomic mass is 10.1. The van der Waals surface area contributed by atoms with E-state index in [1.165, 1.54) is 30.0 Å². The first-order chi connectivity index (χ1) is 11.2. The number of carbonyl (C=O) groups is 1. The van der Waals surface area contributed by atoms with Crippen LogP contribution < -0.4 is 4.72 Å². The summed E-state index contributed by atoms with van der Waals surface area (Å²) in [7, 11) is -3.48. The van der Waals surface area contributed by atoms with Gasteiger partial charge in [-0.1, -0.05) is 23.4 Å². The quantitative estimate of drug-likeness (QED) is 0.859. The molecule has 0 unspecified atom stereocenters. The number of hydrogen-bond acceptors (Lipinski definition) is 4. The van der Waals surface area contributed by atoms with Crippen molar-refractivity contribution in [2.75, 3.05) is 11.0 Å². The molecule has 0 radical (unpaired) electrons. The number of nitrogens with one attached hydrogen (secondary N) is 1. The van der Waals surface area contributed by atoms with Crippen LogP contribution in [0.3, 0.4) is 0 Å². The molecule has 3 rings (SSSR count). The summed E-state index contributed by atoms with van der Waals surface area (Å²) in [5.41, 5.74) is 1.80. The number of benzene rings is 2. The zero-order valence-corrected chi connectivity index (χ0v) is 15.0. The molecule has 0 atom stereocenters. The third kappa shape index (κ3) is 3.74. The van der Waals surface area contributed by atoms with Crippen LogP contribution in [0.2, 0.25) is 5.02 Å². The van der Waals surface area contributed by atoms with E-state index in [9.17, 15) is 17.6 Å². The smallest absolute Gasteiger partial charge is 0.229 e. The van der Waals surface area contributed by atoms with E-state index in [-0.39, 0.29) is 10.8 Å². The minimum absolute atomic E-state index is 0.0305. The lowest BCUT2D eigenvalue weighted by Crippen LogP contribution is -2.11. The van der Waals surface area contributed by atoms with Crippen LogP contribution in [0.5, 0.6) is 0 Å². The lowest BCUT2D eigenvalue weighted by Gasteiger charge is -2.13. The number of carbonyl (C=O) groups excluding carboxylic acids is 1. The van der Waals surface area contributed by atoms with Crippen molar-refractivity contribution in [3.63, 3.8) is 0 Å². The number of sulfonamides is 1. The number of aryl methyl sites for hydroxylation is 1. The van der Waals surface area contributed by atoms with Crippen molar-refractivity contribution in [1.29, 1.82) is 0 Å². The summed E-state index contributed by atoms with van der Waals surface area (Å²) < 4.78 is 38.9. The Bertz CT molecular complexity index is 945. The number of fused-ring (bicyclic) bond motifs is 1. The second-order valence-corrected chi connectivity index (χ2v) is 8.72. The van der Waals surface area contributed by atoms with Gasteiger partial charge in [0.1, 0.15) is 5.82 Å². The Morgan fingerprint density at radius 3 is 2.58 bits per heavy atom. The summed E-state index contributed by atoms with van der Waals surface area (Å²) in [6, 6.07) is 7.33. The number of halogens is 2. The van der Waals surface area contributed by atoms with Crippen LogP contribution in [0.4, 0.5) is 10.1 Å². The maximum absolute atomic E-state index is 13.2. The molecule has 0 heterocycles. The molecular formula is C16H13ClFNO3S2. The summed E-state index contributed by atoms with van der Waals surface area (Å²) in [5.74, 6) is -0.425. The molecule has 0 fully saturated rings. The average Bonchev–Trinajstić information content (AvgIpc) is 2.81. The first kappa shape index (κ1) is 17.3. The van der Waals surface area contributed by atoms with Crippen molar-refractivity contribution in [2.45, 2.75) is 22.6 Å². The van der Waals surface area contributed by atoms with Gasteiger partial charge in [0.15, 0.2) is 5.78 Å². The van der Waals surface area contributed by atoms with E-state index in [0.717, 1.165) is 11.8 Å². The third-order valence-electron chi connectivity index (χ3n) is 3.54. The molecule has 0 saturated carbocycles. The molecule has 1 aliphatic rings. The molecule has 8 heteroatoms. The van der Waals surface area contributed by atoms with Crippen molar-refractivity contribution in [1.82, 2.24) is 0 Å². The monoisotopic (exact) mass is 385 g/mol. The Hall–Kier alpha value is -1.57. The standard InChI is InChI=1S/C16H13ClFNO3S2/c1-24(21,22)19-13-6-9-2-4-14(20)11(9)8-16(13)23-15-5-3-10(18)7-12(15)17/h3,5-8,19H,2,4H2,1H3. The Kier molecular flexibility index (Phi) is 4.59. The summed E-state index contributed by atoms with van der Waals surface area (Å²) in [6.07, 6.45) is 2.07. The molecule has 24 heavy (non-hydrogen) atoms. The molecular weight excluding hydrogens is 373 g/mol. The third-order valence-corrected chi connectivity index (χ3v) is 5.69. The fourth-order valence-corrected chi connectivity index (χ4v) is 4.36. The summed E-state index contributed by atoms with van der Waals surface area (Å²) in [6.45, 7) is 0. The zero-order valence-electron chi connectivity index (χ0n) is 12.6. The molecule has 0 amide bonds. The summed E-state index contributed by atoms with van der Waals surface area (Å²) in [4.78, 5) is 13.1. The minimum Gasteiger partial charge on any atom is -0.294 e. The van der Waals surface area contributed by atoms with Gasteiger partial charge in [-0.15, -0.1) is 0 Å². The summed E-state index contributed by atoms with van der Waals surface area (Å²) in [5, 5.41) is 0.220. The van der Waals surface area contributed by atoms with Crippen LogP contribution >= 0.6 is 23.4 Å². The van der Waals surface area contributed by atoms with Crippen molar-refractivity contribution in [3.05, 3.63) is 52.3 Å². The normalized spacial score (nSPS) is 13.9. The molecule has 4 nitrogen and oxygen atoms in total. The molecule has 0 aromatic heterocycles. The predicted molar refractivity (Wildman–Crippen MR) is 93.1 cm³/mol. The topological polar surface area (TPSA) is 63.2 Å². The average molecular weight is 386 g/mol. The van der Waals surface area contributed by atoms with Gasteiger partial charge in [-0.3, -0.25) is 9.52 Å². The van der Waals surface area contributed by atoms with Gasteiger partial charge < -0.3 is 0 Å². The fourth-order valence-electron chi connectivity index (χ4n) is 2.51. The van der Waals surface area contributed by atoms with E-state index in [4.69, 9.17) is 11.6 Å². The molecule has 0 saturated heterocycles. The van der Waals surface area contributed by atoms with E-state index in [0.29, 0.717) is 33.9 Å². The molecule has 1 N–H and O–H groups in total. The molecule has 126 valence electrons. The molecule has 2 aromatic rings. The summed E-state index contributed by atoms with van der Waals surface area (Å²) >= 11 is 7.22. The van der Waals surface area contributed by atoms with Crippen LogP contribution in [0.25, 0.3) is 0 Å². The molecule has 0 spiro atoms. The van der Waals surface area contributed by atoms with Gasteiger partial charge in [0.2, 0.25) is 10.0 Å². The van der Waals surface area contributed by atoms with E-state index < -0.39 is 15.8 Å². The lowest BCUT2D eigenvalue weighted by molar-refractivity contribution is 0.0994. The highest BCUT2D eigenvalue weighted by Crippen LogP contribution is 2.40. The van der Waals surface area contributed by atoms with Gasteiger partial charge in [0.05, 0.1) is 17.0 Å². The highest BCUT2D eigenvalue weighted by molar-refractivity contribution is 7.99. The number of anilines is 1. The van der Waals surface area contributed by atoms with E-state index in [1.54, 1.807) is 12.1 Å². The SMILES string of the molecule is CS(=O)(=O)Nc1cc2c(cc1Sc1ccc(F)cc1Cl)C(=O)CC2. The van der Waals surface area contributed by atoms with Crippen molar-refractivity contribution < 1.29 is 17.6 Å². The van der Waals surface area contributed by atoms with Gasteiger partial charge in [-0.25, -0.2) is 12.8 Å². The molecule has 1 aliphatic carbocycles. The van der Waals surface area contributed by atoms with Crippen LogP contribution in [0.15, 0.2) is 40.1 Å². The van der Waals surface area contributed by atoms with Gasteiger partial charge in [0.25, 0.3) is 0 Å². The Balaban J connectivity index is 2.07. The highest BCUT2D eigenvalue weighted by atomic mass is 35.5. The van der Waals surface area contributed by atoms with Crippen molar-refractivity contribution in [3.8, 4) is 0 Å². The van der Waals surface area contributed by atoms with Crippen LogP contribution in [-0.2, 0) is 16.4 Å². The molecule has 0 aliphatic heterocycles. The number of ketones is 1. The van der Waals surface area contributed by atoms with Crippen LogP contribution in [-0.4, -0.2) is 20.5 Å². The number of hydrogen-bond donors (Lipinski definition) is 1. The molecule has 0 bridgehead atoms. The van der Waals surface area contributed by atoms with E-state index in [1.807, 2.05) is 0 Å². The first-order valence-corrected chi connectivity index (χ1v) is 10.1. The predicted octanol–water partition coefficient (Wildman–Crippen LogP) is 4.13. The Morgan fingerprint density at radius 2 is 1.92 bits per heavy atom. The minimum atomic E-state index is -3.48. The van der Waals surface area contributed by atoms with Crippen LogP contribution in [0.1, 0.15) is 22.3 Å². The largest absolute Gasteiger partial charge is 0.294 e. The number of Topliss-reactive ketones (excluding diaryl/α,β-unsaturated/α-hetero) is 1. The number of rotatable bonds is 4. The van der Waals surface area contributed by atoms with Crippen molar-refractivity contribution in [2.24, 2.45) is 0 Å². The van der Waals surface area contributed by atoms with Crippen LogP contribution in [0, 0.1) is 5.82 Å². The first-order valence-electron chi connectivity index (χ1n) is 7.04. The second-order valence-electron chi connectivity index (χ2n) is 5.48.